The fraction of sp³-hybridized carbons (Fsp3) is 0.929. The number of carbonyl (C=O) groups excluding carboxylic acids is 1. The van der Waals surface area contributed by atoms with E-state index in [0.717, 1.165) is 32.5 Å². The Morgan fingerprint density at radius 1 is 1.29 bits per heavy atom. The Morgan fingerprint density at radius 3 is 2.65 bits per heavy atom. The topological polar surface area (TPSA) is 32.3 Å². The molecule has 0 aromatic heterocycles. The lowest BCUT2D eigenvalue weighted by Crippen LogP contribution is -2.48. The van der Waals surface area contributed by atoms with Crippen LogP contribution in [0, 0.1) is 5.92 Å². The third-order valence-electron chi connectivity index (χ3n) is 4.05. The van der Waals surface area contributed by atoms with Crippen molar-refractivity contribution in [1.29, 1.82) is 0 Å². The van der Waals surface area contributed by atoms with E-state index in [1.165, 1.54) is 19.3 Å². The van der Waals surface area contributed by atoms with Crippen LogP contribution in [-0.2, 0) is 4.79 Å². The zero-order chi connectivity index (χ0) is 12.3. The van der Waals surface area contributed by atoms with E-state index >= 15 is 0 Å². The lowest BCUT2D eigenvalue weighted by molar-refractivity contribution is -0.125. The smallest absolute Gasteiger partial charge is 0.150 e. The average molecular weight is 238 g/mol. The van der Waals surface area contributed by atoms with Gasteiger partial charge in [-0.15, -0.1) is 0 Å². The minimum Gasteiger partial charge on any atom is -0.317 e. The third kappa shape index (κ3) is 3.29. The molecule has 1 atom stereocenters. The van der Waals surface area contributed by atoms with Gasteiger partial charge in [0.05, 0.1) is 6.04 Å². The van der Waals surface area contributed by atoms with E-state index < -0.39 is 0 Å². The van der Waals surface area contributed by atoms with Crippen LogP contribution >= 0.6 is 0 Å². The second-order valence-corrected chi connectivity index (χ2v) is 5.94. The summed E-state index contributed by atoms with van der Waals surface area (Å²) in [6.45, 7) is 7.65. The zero-order valence-corrected chi connectivity index (χ0v) is 11.2. The highest BCUT2D eigenvalue weighted by molar-refractivity contribution is 5.84. The largest absolute Gasteiger partial charge is 0.317 e. The molecule has 0 aromatic carbocycles. The predicted octanol–water partition coefficient (Wildman–Crippen LogP) is 1.82. The number of carbonyl (C=O) groups is 1. The second-order valence-electron chi connectivity index (χ2n) is 5.94. The van der Waals surface area contributed by atoms with Gasteiger partial charge in [-0.3, -0.25) is 9.69 Å². The molecule has 0 spiro atoms. The van der Waals surface area contributed by atoms with Crippen molar-refractivity contribution in [3.05, 3.63) is 0 Å². The molecule has 2 saturated heterocycles. The molecule has 0 saturated carbocycles. The Bertz CT molecular complexity index is 259. The van der Waals surface area contributed by atoms with Crippen LogP contribution in [0.25, 0.3) is 0 Å². The Balaban J connectivity index is 1.93. The molecule has 3 heteroatoms. The second kappa shape index (κ2) is 5.96. The van der Waals surface area contributed by atoms with E-state index in [2.05, 4.69) is 24.1 Å². The van der Waals surface area contributed by atoms with Crippen molar-refractivity contribution >= 4 is 5.78 Å². The number of nitrogens with one attached hydrogen (secondary N) is 1. The molecular weight excluding hydrogens is 212 g/mol. The highest BCUT2D eigenvalue weighted by Gasteiger charge is 2.35. The van der Waals surface area contributed by atoms with Crippen LogP contribution in [0.2, 0.25) is 0 Å². The van der Waals surface area contributed by atoms with Gasteiger partial charge in [-0.2, -0.15) is 0 Å². The molecule has 2 aliphatic heterocycles. The molecule has 3 nitrogen and oxygen atoms in total. The normalized spacial score (nSPS) is 27.8. The van der Waals surface area contributed by atoms with E-state index in [9.17, 15) is 4.79 Å². The molecule has 0 radical (unpaired) electrons. The first kappa shape index (κ1) is 13.0. The quantitative estimate of drug-likeness (QED) is 0.811. The van der Waals surface area contributed by atoms with Gasteiger partial charge in [0.2, 0.25) is 0 Å². The number of ketones is 1. The SMILES string of the molecule is CC(C)CC(=O)C1CCCN1C1CCNCC1. The van der Waals surface area contributed by atoms with Crippen molar-refractivity contribution in [1.82, 2.24) is 10.2 Å². The molecule has 0 aromatic rings. The first-order chi connectivity index (χ1) is 8.18. The summed E-state index contributed by atoms with van der Waals surface area (Å²) in [4.78, 5) is 14.8. The van der Waals surface area contributed by atoms with Gasteiger partial charge in [0.15, 0.2) is 0 Å². The van der Waals surface area contributed by atoms with Gasteiger partial charge in [-0.1, -0.05) is 13.8 Å². The van der Waals surface area contributed by atoms with Crippen molar-refractivity contribution in [2.45, 2.75) is 58.0 Å². The van der Waals surface area contributed by atoms with Gasteiger partial charge in [-0.05, 0) is 51.2 Å². The van der Waals surface area contributed by atoms with Gasteiger partial charge in [-0.25, -0.2) is 0 Å². The van der Waals surface area contributed by atoms with E-state index in [1.54, 1.807) is 0 Å². The van der Waals surface area contributed by atoms with Crippen LogP contribution in [0.1, 0.15) is 46.0 Å². The molecule has 2 rings (SSSR count). The number of rotatable bonds is 4. The Hall–Kier alpha value is -0.410. The molecular formula is C14H26N2O. The average Bonchev–Trinajstić information content (AvgIpc) is 2.78. The molecule has 0 bridgehead atoms. The van der Waals surface area contributed by atoms with Gasteiger partial charge < -0.3 is 5.32 Å². The maximum Gasteiger partial charge on any atom is 0.150 e. The van der Waals surface area contributed by atoms with Crippen LogP contribution in [-0.4, -0.2) is 42.4 Å². The predicted molar refractivity (Wildman–Crippen MR) is 70.1 cm³/mol. The summed E-state index contributed by atoms with van der Waals surface area (Å²) in [6, 6.07) is 0.889. The van der Waals surface area contributed by atoms with E-state index in [1.807, 2.05) is 0 Å². The highest BCUT2D eigenvalue weighted by Crippen LogP contribution is 2.26. The Kier molecular flexibility index (Phi) is 4.57. The van der Waals surface area contributed by atoms with Crippen molar-refractivity contribution in [2.24, 2.45) is 5.92 Å². The minimum absolute atomic E-state index is 0.237. The summed E-state index contributed by atoms with van der Waals surface area (Å²) < 4.78 is 0. The molecule has 1 N–H and O–H groups in total. The summed E-state index contributed by atoms with van der Waals surface area (Å²) in [7, 11) is 0. The van der Waals surface area contributed by atoms with Crippen LogP contribution in [0.3, 0.4) is 0 Å². The number of hydrogen-bond donors (Lipinski definition) is 1. The highest BCUT2D eigenvalue weighted by atomic mass is 16.1. The van der Waals surface area contributed by atoms with E-state index in [4.69, 9.17) is 0 Å². The Morgan fingerprint density at radius 2 is 2.00 bits per heavy atom. The zero-order valence-electron chi connectivity index (χ0n) is 11.2. The minimum atomic E-state index is 0.237. The van der Waals surface area contributed by atoms with Crippen LogP contribution in [0.15, 0.2) is 0 Å². The molecule has 17 heavy (non-hydrogen) atoms. The monoisotopic (exact) mass is 238 g/mol. The van der Waals surface area contributed by atoms with Crippen molar-refractivity contribution in [2.75, 3.05) is 19.6 Å². The van der Waals surface area contributed by atoms with Crippen molar-refractivity contribution in [3.8, 4) is 0 Å². The van der Waals surface area contributed by atoms with Crippen molar-refractivity contribution < 1.29 is 4.79 Å². The fourth-order valence-electron chi connectivity index (χ4n) is 3.25. The number of piperidine rings is 1. The molecule has 2 heterocycles. The van der Waals surface area contributed by atoms with Gasteiger partial charge in [0, 0.05) is 12.5 Å². The molecule has 1 unspecified atom stereocenters. The molecule has 2 aliphatic rings. The van der Waals surface area contributed by atoms with E-state index in [-0.39, 0.29) is 6.04 Å². The number of nitrogens with zero attached hydrogens (tertiary/aromatic N) is 1. The summed E-state index contributed by atoms with van der Waals surface area (Å²) in [5.74, 6) is 0.981. The van der Waals surface area contributed by atoms with Crippen LogP contribution in [0.5, 0.6) is 0 Å². The van der Waals surface area contributed by atoms with Gasteiger partial charge in [0.1, 0.15) is 5.78 Å². The number of Topliss-reactive ketones (excluding diaryl/α,β-unsaturated/α-hetero) is 1. The number of hydrogen-bond acceptors (Lipinski definition) is 3. The van der Waals surface area contributed by atoms with Crippen LogP contribution < -0.4 is 5.32 Å². The summed E-state index contributed by atoms with van der Waals surface area (Å²) in [5, 5.41) is 3.40. The summed E-state index contributed by atoms with van der Waals surface area (Å²) >= 11 is 0. The maximum atomic E-state index is 12.3. The maximum absolute atomic E-state index is 12.3. The summed E-state index contributed by atoms with van der Waals surface area (Å²) in [5.41, 5.74) is 0. The first-order valence-electron chi connectivity index (χ1n) is 7.17. The molecule has 0 amide bonds. The lowest BCUT2D eigenvalue weighted by Gasteiger charge is -2.35. The third-order valence-corrected chi connectivity index (χ3v) is 4.05. The molecule has 98 valence electrons. The fourth-order valence-corrected chi connectivity index (χ4v) is 3.25. The van der Waals surface area contributed by atoms with Gasteiger partial charge in [0.25, 0.3) is 0 Å². The molecule has 0 aliphatic carbocycles. The van der Waals surface area contributed by atoms with E-state index in [0.29, 0.717) is 17.7 Å². The first-order valence-corrected chi connectivity index (χ1v) is 7.17. The Labute approximate surface area is 105 Å². The standard InChI is InChI=1S/C14H26N2O/c1-11(2)10-14(17)13-4-3-9-16(13)12-5-7-15-8-6-12/h11-13,15H,3-10H2,1-2H3. The van der Waals surface area contributed by atoms with Crippen LogP contribution in [0.4, 0.5) is 0 Å². The van der Waals surface area contributed by atoms with Crippen molar-refractivity contribution in [3.63, 3.8) is 0 Å². The lowest BCUT2D eigenvalue weighted by atomic mass is 9.97. The number of likely N-dealkylation sites (tertiary alicyclic amines) is 1. The van der Waals surface area contributed by atoms with Gasteiger partial charge >= 0.3 is 0 Å². The summed E-state index contributed by atoms with van der Waals surface area (Å²) in [6.07, 6.45) is 5.48. The molecule has 2 fully saturated rings.